The van der Waals surface area contributed by atoms with Gasteiger partial charge in [0.2, 0.25) is 5.91 Å². The molecule has 4 heteroatoms. The third kappa shape index (κ3) is 4.85. The predicted octanol–water partition coefficient (Wildman–Crippen LogP) is 4.81. The van der Waals surface area contributed by atoms with E-state index in [9.17, 15) is 9.59 Å². The molecule has 4 nitrogen and oxygen atoms in total. The van der Waals surface area contributed by atoms with Gasteiger partial charge in [0.15, 0.2) is 0 Å². The van der Waals surface area contributed by atoms with Crippen LogP contribution < -0.4 is 5.32 Å². The van der Waals surface area contributed by atoms with Crippen LogP contribution in [0.5, 0.6) is 0 Å². The molecule has 1 unspecified atom stereocenters. The van der Waals surface area contributed by atoms with E-state index in [1.54, 1.807) is 23.1 Å². The molecule has 0 saturated heterocycles. The third-order valence-corrected chi connectivity index (χ3v) is 5.16. The summed E-state index contributed by atoms with van der Waals surface area (Å²) in [4.78, 5) is 26.6. The number of rotatable bonds is 6. The maximum atomic E-state index is 12.5. The molecule has 0 spiro atoms. The van der Waals surface area contributed by atoms with Crippen LogP contribution in [0.25, 0.3) is 0 Å². The number of carbonyl (C=O) groups is 2. The number of likely N-dealkylation sites (N-methyl/N-ethyl adjacent to an activating group) is 1. The van der Waals surface area contributed by atoms with E-state index in [1.165, 1.54) is 18.4 Å². The van der Waals surface area contributed by atoms with Crippen molar-refractivity contribution in [3.63, 3.8) is 0 Å². The smallest absolute Gasteiger partial charge is 0.255 e. The van der Waals surface area contributed by atoms with Crippen LogP contribution in [0.3, 0.4) is 0 Å². The topological polar surface area (TPSA) is 49.4 Å². The second kappa shape index (κ2) is 8.21. The molecule has 0 radical (unpaired) electrons. The first-order valence-corrected chi connectivity index (χ1v) is 9.37. The Balaban J connectivity index is 1.69. The minimum Gasteiger partial charge on any atom is -0.335 e. The van der Waals surface area contributed by atoms with Gasteiger partial charge in [-0.05, 0) is 62.4 Å². The molecule has 0 aromatic heterocycles. The fourth-order valence-electron chi connectivity index (χ4n) is 3.04. The molecule has 0 bridgehead atoms. The summed E-state index contributed by atoms with van der Waals surface area (Å²) in [5.74, 6) is 0.465. The molecular weight excluding hydrogens is 336 g/mol. The van der Waals surface area contributed by atoms with E-state index < -0.39 is 0 Å². The van der Waals surface area contributed by atoms with Crippen molar-refractivity contribution in [3.8, 4) is 0 Å². The lowest BCUT2D eigenvalue weighted by atomic mass is 10.1. The Morgan fingerprint density at radius 2 is 1.81 bits per heavy atom. The number of allylic oxidation sites excluding steroid dienone is 1. The maximum Gasteiger partial charge on any atom is 0.255 e. The van der Waals surface area contributed by atoms with Gasteiger partial charge in [0, 0.05) is 24.4 Å². The molecule has 27 heavy (non-hydrogen) atoms. The van der Waals surface area contributed by atoms with Crippen molar-refractivity contribution < 1.29 is 9.59 Å². The Labute approximate surface area is 160 Å². The van der Waals surface area contributed by atoms with Crippen LogP contribution in [0.2, 0.25) is 0 Å². The minimum atomic E-state index is -0.146. The normalized spacial score (nSPS) is 15.1. The number of amides is 2. The van der Waals surface area contributed by atoms with Crippen molar-refractivity contribution in [2.45, 2.75) is 32.7 Å². The molecular formula is C23H26N2O2. The van der Waals surface area contributed by atoms with Crippen LogP contribution >= 0.6 is 0 Å². The van der Waals surface area contributed by atoms with Gasteiger partial charge in [-0.1, -0.05) is 35.9 Å². The lowest BCUT2D eigenvalue weighted by molar-refractivity contribution is -0.126. The average Bonchev–Trinajstić information content (AvgIpc) is 3.53. The molecule has 0 aliphatic heterocycles. The molecule has 1 N–H and O–H groups in total. The first kappa shape index (κ1) is 18.9. The SMILES string of the molecule is C/C(=C\C(=O)N(C)C(C)c1cccc(NC(=O)c2ccccc2)c1)C1CC1. The van der Waals surface area contributed by atoms with Crippen LogP contribution in [0, 0.1) is 5.92 Å². The summed E-state index contributed by atoms with van der Waals surface area (Å²) in [6.07, 6.45) is 4.14. The zero-order valence-electron chi connectivity index (χ0n) is 16.1. The van der Waals surface area contributed by atoms with Gasteiger partial charge in [-0.2, -0.15) is 0 Å². The maximum absolute atomic E-state index is 12.5. The molecule has 1 aliphatic carbocycles. The largest absolute Gasteiger partial charge is 0.335 e. The van der Waals surface area contributed by atoms with Crippen molar-refractivity contribution in [3.05, 3.63) is 77.4 Å². The van der Waals surface area contributed by atoms with Crippen LogP contribution in [0.1, 0.15) is 48.7 Å². The number of hydrogen-bond donors (Lipinski definition) is 1. The second-order valence-corrected chi connectivity index (χ2v) is 7.23. The average molecular weight is 362 g/mol. The molecule has 2 aromatic carbocycles. The Hall–Kier alpha value is -2.88. The van der Waals surface area contributed by atoms with E-state index in [2.05, 4.69) is 5.32 Å². The lowest BCUT2D eigenvalue weighted by Gasteiger charge is -2.25. The van der Waals surface area contributed by atoms with Gasteiger partial charge in [-0.25, -0.2) is 0 Å². The van der Waals surface area contributed by atoms with Crippen molar-refractivity contribution in [2.24, 2.45) is 5.92 Å². The number of anilines is 1. The lowest BCUT2D eigenvalue weighted by Crippen LogP contribution is -2.28. The van der Waals surface area contributed by atoms with Gasteiger partial charge in [0.1, 0.15) is 0 Å². The standard InChI is InChI=1S/C23H26N2O2/c1-16(18-12-13-18)14-22(26)25(3)17(2)20-10-7-11-21(15-20)24-23(27)19-8-5-4-6-9-19/h4-11,14-15,17-18H,12-13H2,1-3H3,(H,24,27)/b16-14+. The van der Waals surface area contributed by atoms with E-state index in [0.29, 0.717) is 11.5 Å². The summed E-state index contributed by atoms with van der Waals surface area (Å²) >= 11 is 0. The minimum absolute atomic E-state index is 0.0191. The fourth-order valence-corrected chi connectivity index (χ4v) is 3.04. The van der Waals surface area contributed by atoms with E-state index in [0.717, 1.165) is 11.3 Å². The number of carbonyl (C=O) groups excluding carboxylic acids is 2. The van der Waals surface area contributed by atoms with E-state index in [1.807, 2.05) is 63.4 Å². The second-order valence-electron chi connectivity index (χ2n) is 7.23. The highest BCUT2D eigenvalue weighted by Crippen LogP contribution is 2.36. The van der Waals surface area contributed by atoms with Gasteiger partial charge in [-0.15, -0.1) is 0 Å². The summed E-state index contributed by atoms with van der Waals surface area (Å²) < 4.78 is 0. The van der Waals surface area contributed by atoms with Crippen LogP contribution in [-0.2, 0) is 4.79 Å². The number of nitrogens with zero attached hydrogens (tertiary/aromatic N) is 1. The highest BCUT2D eigenvalue weighted by Gasteiger charge is 2.24. The van der Waals surface area contributed by atoms with Crippen LogP contribution in [0.4, 0.5) is 5.69 Å². The Kier molecular flexibility index (Phi) is 5.75. The Bertz CT molecular complexity index is 854. The monoisotopic (exact) mass is 362 g/mol. The van der Waals surface area contributed by atoms with Gasteiger partial charge in [0.05, 0.1) is 6.04 Å². The Morgan fingerprint density at radius 3 is 2.48 bits per heavy atom. The predicted molar refractivity (Wildman–Crippen MR) is 109 cm³/mol. The Morgan fingerprint density at radius 1 is 1.11 bits per heavy atom. The first-order valence-electron chi connectivity index (χ1n) is 9.37. The quantitative estimate of drug-likeness (QED) is 0.749. The number of benzene rings is 2. The molecule has 1 aliphatic rings. The van der Waals surface area contributed by atoms with Crippen molar-refractivity contribution in [1.82, 2.24) is 4.90 Å². The van der Waals surface area contributed by atoms with E-state index in [-0.39, 0.29) is 17.9 Å². The van der Waals surface area contributed by atoms with Crippen molar-refractivity contribution in [2.75, 3.05) is 12.4 Å². The zero-order chi connectivity index (χ0) is 19.4. The highest BCUT2D eigenvalue weighted by atomic mass is 16.2. The summed E-state index contributed by atoms with van der Waals surface area (Å²) in [5.41, 5.74) is 3.49. The molecule has 2 aromatic rings. The van der Waals surface area contributed by atoms with Crippen LogP contribution in [-0.4, -0.2) is 23.8 Å². The van der Waals surface area contributed by atoms with Crippen molar-refractivity contribution in [1.29, 1.82) is 0 Å². The summed E-state index contributed by atoms with van der Waals surface area (Å²) in [5, 5.41) is 2.92. The van der Waals surface area contributed by atoms with E-state index in [4.69, 9.17) is 0 Å². The van der Waals surface area contributed by atoms with Gasteiger partial charge in [0.25, 0.3) is 5.91 Å². The molecule has 140 valence electrons. The van der Waals surface area contributed by atoms with Gasteiger partial charge >= 0.3 is 0 Å². The first-order chi connectivity index (χ1) is 13.0. The number of nitrogens with one attached hydrogen (secondary N) is 1. The molecule has 3 rings (SSSR count). The van der Waals surface area contributed by atoms with E-state index >= 15 is 0 Å². The van der Waals surface area contributed by atoms with Crippen molar-refractivity contribution >= 4 is 17.5 Å². The van der Waals surface area contributed by atoms with Crippen LogP contribution in [0.15, 0.2) is 66.2 Å². The molecule has 1 saturated carbocycles. The zero-order valence-corrected chi connectivity index (χ0v) is 16.1. The fraction of sp³-hybridized carbons (Fsp3) is 0.304. The molecule has 1 fully saturated rings. The molecule has 1 atom stereocenters. The summed E-state index contributed by atoms with van der Waals surface area (Å²) in [6.45, 7) is 4.03. The van der Waals surface area contributed by atoms with Gasteiger partial charge < -0.3 is 10.2 Å². The molecule has 2 amide bonds. The third-order valence-electron chi connectivity index (χ3n) is 5.16. The van der Waals surface area contributed by atoms with Gasteiger partial charge in [-0.3, -0.25) is 9.59 Å². The molecule has 0 heterocycles. The number of hydrogen-bond acceptors (Lipinski definition) is 2. The highest BCUT2D eigenvalue weighted by molar-refractivity contribution is 6.04. The summed E-state index contributed by atoms with van der Waals surface area (Å²) in [6, 6.07) is 16.7. The summed E-state index contributed by atoms with van der Waals surface area (Å²) in [7, 11) is 1.82.